The van der Waals surface area contributed by atoms with Gasteiger partial charge in [0, 0.05) is 20.0 Å². The van der Waals surface area contributed by atoms with E-state index in [0.717, 1.165) is 11.0 Å². The van der Waals surface area contributed by atoms with Gasteiger partial charge in [-0.2, -0.15) is 0 Å². The summed E-state index contributed by atoms with van der Waals surface area (Å²) in [4.78, 5) is 10.4. The van der Waals surface area contributed by atoms with Crippen molar-refractivity contribution in [3.05, 3.63) is 66.6 Å². The second-order valence-corrected chi connectivity index (χ2v) is 6.23. The molecule has 25 heavy (non-hydrogen) atoms. The standard InChI is InChI=1S/C12H15N.C7H6N2.C3H8.2H2/c1-3-9(2)11-8-13-12-7-5-4-6-10(11)12;1-2-4-7-6(3-1)8-5-9-7;1-3-2;;/h4-9,13H,3H2,1-2H3;1-5H,(H,8,9);3H2,1-2H3;2*1H. The monoisotopic (exact) mass is 339 g/mol. The Morgan fingerprint density at radius 1 is 0.920 bits per heavy atom. The molecule has 2 N–H and O–H groups in total. The minimum absolute atomic E-state index is 0. The second kappa shape index (κ2) is 9.67. The van der Waals surface area contributed by atoms with Gasteiger partial charge in [0.15, 0.2) is 0 Å². The largest absolute Gasteiger partial charge is 0.361 e. The fourth-order valence-electron chi connectivity index (χ4n) is 2.60. The van der Waals surface area contributed by atoms with Gasteiger partial charge in [-0.1, -0.05) is 64.4 Å². The Bertz CT molecular complexity index is 853. The van der Waals surface area contributed by atoms with Crippen molar-refractivity contribution >= 4 is 21.9 Å². The summed E-state index contributed by atoms with van der Waals surface area (Å²) in [6, 6.07) is 16.4. The Kier molecular flexibility index (Phi) is 7.27. The fraction of sp³-hybridized carbons (Fsp3) is 0.318. The van der Waals surface area contributed by atoms with E-state index in [9.17, 15) is 0 Å². The van der Waals surface area contributed by atoms with Crippen molar-refractivity contribution in [1.82, 2.24) is 15.0 Å². The number of nitrogens with zero attached hydrogens (tertiary/aromatic N) is 1. The van der Waals surface area contributed by atoms with Crippen molar-refractivity contribution in [2.24, 2.45) is 0 Å². The molecule has 136 valence electrons. The highest BCUT2D eigenvalue weighted by Crippen LogP contribution is 2.26. The number of aromatic amines is 2. The SMILES string of the molecule is CCC.CCC(C)c1c[nH]c2ccccc12.[HH].[HH].c1ccc2[nH]cnc2c1. The van der Waals surface area contributed by atoms with E-state index in [-0.39, 0.29) is 2.85 Å². The Morgan fingerprint density at radius 3 is 2.24 bits per heavy atom. The first-order valence-electron chi connectivity index (χ1n) is 9.15. The fourth-order valence-corrected chi connectivity index (χ4v) is 2.60. The summed E-state index contributed by atoms with van der Waals surface area (Å²) in [5.74, 6) is 0.649. The molecule has 3 heteroatoms. The summed E-state index contributed by atoms with van der Waals surface area (Å²) in [5.41, 5.74) is 4.81. The predicted molar refractivity (Wildman–Crippen MR) is 113 cm³/mol. The van der Waals surface area contributed by atoms with Crippen LogP contribution < -0.4 is 0 Å². The molecule has 1 unspecified atom stereocenters. The lowest BCUT2D eigenvalue weighted by Crippen LogP contribution is -1.88. The van der Waals surface area contributed by atoms with E-state index in [1.54, 1.807) is 6.33 Å². The van der Waals surface area contributed by atoms with Crippen LogP contribution in [0.1, 0.15) is 54.9 Å². The molecule has 2 aromatic heterocycles. The highest BCUT2D eigenvalue weighted by molar-refractivity contribution is 5.83. The van der Waals surface area contributed by atoms with Crippen molar-refractivity contribution in [1.29, 1.82) is 0 Å². The lowest BCUT2D eigenvalue weighted by Gasteiger charge is -2.05. The summed E-state index contributed by atoms with van der Waals surface area (Å²) in [6.45, 7) is 8.75. The predicted octanol–water partition coefficient (Wildman–Crippen LogP) is 7.15. The highest BCUT2D eigenvalue weighted by Gasteiger charge is 2.07. The molecule has 0 radical (unpaired) electrons. The Hall–Kier alpha value is -2.55. The van der Waals surface area contributed by atoms with Crippen LogP contribution in [0.4, 0.5) is 0 Å². The normalized spacial score (nSPS) is 11.4. The number of fused-ring (bicyclic) bond motifs is 2. The third-order valence-electron chi connectivity index (χ3n) is 4.09. The van der Waals surface area contributed by atoms with Gasteiger partial charge in [-0.25, -0.2) is 4.98 Å². The van der Waals surface area contributed by atoms with Crippen LogP contribution >= 0.6 is 0 Å². The van der Waals surface area contributed by atoms with E-state index in [1.165, 1.54) is 29.3 Å². The topological polar surface area (TPSA) is 44.5 Å². The lowest BCUT2D eigenvalue weighted by atomic mass is 9.98. The minimum Gasteiger partial charge on any atom is -0.361 e. The summed E-state index contributed by atoms with van der Waals surface area (Å²) in [7, 11) is 0. The molecule has 0 aliphatic rings. The van der Waals surface area contributed by atoms with E-state index in [2.05, 4.69) is 73.1 Å². The molecule has 4 aromatic rings. The highest BCUT2D eigenvalue weighted by atomic mass is 14.9. The minimum atomic E-state index is 0. The van der Waals surface area contributed by atoms with Crippen LogP contribution in [0.2, 0.25) is 0 Å². The van der Waals surface area contributed by atoms with E-state index in [0.29, 0.717) is 5.92 Å². The zero-order chi connectivity index (χ0) is 18.1. The van der Waals surface area contributed by atoms with Gasteiger partial charge in [0.05, 0.1) is 17.4 Å². The Morgan fingerprint density at radius 2 is 1.56 bits per heavy atom. The third kappa shape index (κ3) is 4.96. The van der Waals surface area contributed by atoms with Crippen LogP contribution in [-0.4, -0.2) is 15.0 Å². The van der Waals surface area contributed by atoms with Crippen molar-refractivity contribution in [3.8, 4) is 0 Å². The molecule has 2 heterocycles. The number of hydrogen-bond donors (Lipinski definition) is 2. The zero-order valence-electron chi connectivity index (χ0n) is 15.7. The summed E-state index contributed by atoms with van der Waals surface area (Å²) < 4.78 is 0. The number of hydrogen-bond acceptors (Lipinski definition) is 1. The molecule has 0 saturated heterocycles. The average molecular weight is 340 g/mol. The van der Waals surface area contributed by atoms with Gasteiger partial charge >= 0.3 is 0 Å². The molecule has 0 amide bonds. The number of H-pyrrole nitrogens is 2. The van der Waals surface area contributed by atoms with Gasteiger partial charge < -0.3 is 9.97 Å². The van der Waals surface area contributed by atoms with Gasteiger partial charge in [-0.05, 0) is 36.1 Å². The smallest absolute Gasteiger partial charge is 0.0931 e. The number of imidazole rings is 1. The quantitative estimate of drug-likeness (QED) is 0.400. The zero-order valence-corrected chi connectivity index (χ0v) is 15.7. The van der Waals surface area contributed by atoms with E-state index in [4.69, 9.17) is 0 Å². The molecule has 3 nitrogen and oxygen atoms in total. The van der Waals surface area contributed by atoms with Gasteiger partial charge in [0.25, 0.3) is 0 Å². The molecule has 0 aliphatic heterocycles. The molecule has 0 bridgehead atoms. The Balaban J connectivity index is 0.000000426. The number of nitrogens with one attached hydrogen (secondary N) is 2. The maximum Gasteiger partial charge on any atom is 0.0931 e. The van der Waals surface area contributed by atoms with E-state index >= 15 is 0 Å². The molecule has 4 rings (SSSR count). The number of aromatic nitrogens is 3. The van der Waals surface area contributed by atoms with Crippen LogP contribution in [0.15, 0.2) is 61.1 Å². The van der Waals surface area contributed by atoms with Crippen molar-refractivity contribution in [2.75, 3.05) is 0 Å². The van der Waals surface area contributed by atoms with Crippen molar-refractivity contribution < 1.29 is 2.85 Å². The second-order valence-electron chi connectivity index (χ2n) is 6.23. The summed E-state index contributed by atoms with van der Waals surface area (Å²) in [6.07, 6.45) is 6.28. The molecular weight excluding hydrogens is 306 g/mol. The maximum absolute atomic E-state index is 4.06. The molecule has 2 aromatic carbocycles. The van der Waals surface area contributed by atoms with E-state index < -0.39 is 0 Å². The molecule has 0 spiro atoms. The third-order valence-corrected chi connectivity index (χ3v) is 4.09. The molecule has 0 aliphatic carbocycles. The van der Waals surface area contributed by atoms with E-state index in [1.807, 2.05) is 24.3 Å². The first kappa shape index (κ1) is 18.8. The number of para-hydroxylation sites is 3. The lowest BCUT2D eigenvalue weighted by molar-refractivity contribution is 0.739. The van der Waals surface area contributed by atoms with Crippen LogP contribution in [0.25, 0.3) is 21.9 Å². The first-order valence-corrected chi connectivity index (χ1v) is 9.15. The van der Waals surface area contributed by atoms with Crippen molar-refractivity contribution in [2.45, 2.75) is 46.5 Å². The number of benzene rings is 2. The van der Waals surface area contributed by atoms with Crippen LogP contribution in [0.5, 0.6) is 0 Å². The Labute approximate surface area is 153 Å². The van der Waals surface area contributed by atoms with Gasteiger partial charge in [0.2, 0.25) is 0 Å². The van der Waals surface area contributed by atoms with Gasteiger partial charge in [-0.15, -0.1) is 0 Å². The summed E-state index contributed by atoms with van der Waals surface area (Å²) >= 11 is 0. The molecular formula is C22H33N3. The van der Waals surface area contributed by atoms with Crippen LogP contribution in [0.3, 0.4) is 0 Å². The van der Waals surface area contributed by atoms with Crippen LogP contribution in [-0.2, 0) is 0 Å². The van der Waals surface area contributed by atoms with Gasteiger partial charge in [-0.3, -0.25) is 0 Å². The molecule has 1 atom stereocenters. The van der Waals surface area contributed by atoms with Crippen LogP contribution in [0, 0.1) is 0 Å². The molecule has 0 saturated carbocycles. The average Bonchev–Trinajstić information content (AvgIpc) is 3.29. The van der Waals surface area contributed by atoms with Crippen molar-refractivity contribution in [3.63, 3.8) is 0 Å². The first-order chi connectivity index (χ1) is 12.2. The summed E-state index contributed by atoms with van der Waals surface area (Å²) in [5, 5.41) is 1.37. The number of rotatable bonds is 2. The maximum atomic E-state index is 4.06. The molecule has 0 fully saturated rings. The van der Waals surface area contributed by atoms with Gasteiger partial charge in [0.1, 0.15) is 0 Å².